The molecule has 1 aromatic heterocycles. The highest BCUT2D eigenvalue weighted by Gasteiger charge is 2.59. The van der Waals surface area contributed by atoms with E-state index in [0.717, 1.165) is 55.9 Å². The van der Waals surface area contributed by atoms with Crippen LogP contribution in [0.1, 0.15) is 50.0 Å². The van der Waals surface area contributed by atoms with Gasteiger partial charge in [-0.1, -0.05) is 0 Å². The van der Waals surface area contributed by atoms with Crippen LogP contribution in [-0.4, -0.2) is 52.1 Å². The van der Waals surface area contributed by atoms with E-state index >= 15 is 0 Å². The van der Waals surface area contributed by atoms with Crippen LogP contribution in [0.15, 0.2) is 6.07 Å². The average Bonchev–Trinajstić information content (AvgIpc) is 3.11. The van der Waals surface area contributed by atoms with Crippen molar-refractivity contribution in [3.8, 4) is 0 Å². The third-order valence-electron chi connectivity index (χ3n) is 7.71. The molecule has 4 bridgehead atoms. The van der Waals surface area contributed by atoms with Gasteiger partial charge in [-0.3, -0.25) is 4.79 Å². The van der Waals surface area contributed by atoms with Crippen LogP contribution in [0.5, 0.6) is 0 Å². The number of aryl methyl sites for hydroxylation is 2. The Kier molecular flexibility index (Phi) is 4.63. The van der Waals surface area contributed by atoms with E-state index in [0.29, 0.717) is 19.0 Å². The van der Waals surface area contributed by atoms with Crippen LogP contribution in [0, 0.1) is 37.0 Å². The van der Waals surface area contributed by atoms with Gasteiger partial charge in [0.05, 0.1) is 5.41 Å². The largest absolute Gasteiger partial charge is 0.446 e. The number of likely N-dealkylation sites (tertiary alicyclic amines) is 1. The van der Waals surface area contributed by atoms with E-state index in [1.54, 1.807) is 4.90 Å². The van der Waals surface area contributed by atoms with Gasteiger partial charge in [-0.05, 0) is 70.1 Å². The van der Waals surface area contributed by atoms with E-state index in [9.17, 15) is 9.59 Å². The summed E-state index contributed by atoms with van der Waals surface area (Å²) >= 11 is 0. The number of carbonyl (C=O) groups is 2. The Labute approximate surface area is 177 Å². The van der Waals surface area contributed by atoms with Gasteiger partial charge in [0.25, 0.3) is 0 Å². The lowest BCUT2D eigenvalue weighted by Gasteiger charge is -2.58. The smallest absolute Gasteiger partial charge is 0.410 e. The van der Waals surface area contributed by atoms with Gasteiger partial charge in [-0.25, -0.2) is 14.8 Å². The monoisotopic (exact) mass is 413 g/mol. The van der Waals surface area contributed by atoms with Crippen LogP contribution < -0.4 is 11.1 Å². The number of anilines is 1. The Hall–Kier alpha value is -2.38. The second kappa shape index (κ2) is 7.10. The molecule has 1 saturated heterocycles. The minimum absolute atomic E-state index is 0.0688. The van der Waals surface area contributed by atoms with Gasteiger partial charge in [-0.2, -0.15) is 0 Å². The van der Waals surface area contributed by atoms with Gasteiger partial charge in [0.15, 0.2) is 0 Å². The van der Waals surface area contributed by atoms with Crippen LogP contribution in [0.3, 0.4) is 0 Å². The van der Waals surface area contributed by atoms with E-state index in [4.69, 9.17) is 10.5 Å². The van der Waals surface area contributed by atoms with Crippen molar-refractivity contribution in [3.05, 3.63) is 17.6 Å². The number of carbonyl (C=O) groups excluding carboxylic acids is 2. The van der Waals surface area contributed by atoms with Crippen molar-refractivity contribution < 1.29 is 14.3 Å². The molecule has 8 nitrogen and oxygen atoms in total. The molecule has 5 fully saturated rings. The number of nitrogens with one attached hydrogen (secondary N) is 1. The summed E-state index contributed by atoms with van der Waals surface area (Å²) in [6.45, 7) is 5.11. The highest BCUT2D eigenvalue weighted by atomic mass is 16.6. The van der Waals surface area contributed by atoms with Crippen molar-refractivity contribution in [2.24, 2.45) is 28.9 Å². The molecule has 0 spiro atoms. The maximum atomic E-state index is 12.9. The molecule has 0 radical (unpaired) electrons. The zero-order valence-electron chi connectivity index (χ0n) is 17.8. The highest BCUT2D eigenvalue weighted by Crippen LogP contribution is 2.60. The first-order chi connectivity index (χ1) is 14.3. The first-order valence-corrected chi connectivity index (χ1v) is 11.2. The summed E-state index contributed by atoms with van der Waals surface area (Å²) in [5, 5.41) is 3.43. The quantitative estimate of drug-likeness (QED) is 0.784. The Morgan fingerprint density at radius 1 is 1.20 bits per heavy atom. The van der Waals surface area contributed by atoms with Crippen molar-refractivity contribution in [1.29, 1.82) is 0 Å². The van der Waals surface area contributed by atoms with E-state index in [2.05, 4.69) is 15.3 Å². The number of amides is 2. The molecule has 6 atom stereocenters. The summed E-state index contributed by atoms with van der Waals surface area (Å²) in [6, 6.07) is 2.08. The average molecular weight is 414 g/mol. The number of rotatable bonds is 4. The molecular formula is C22H31N5O3. The van der Waals surface area contributed by atoms with Gasteiger partial charge in [0.1, 0.15) is 17.7 Å². The van der Waals surface area contributed by atoms with Crippen LogP contribution >= 0.6 is 0 Å². The van der Waals surface area contributed by atoms with E-state index in [1.165, 1.54) is 0 Å². The summed E-state index contributed by atoms with van der Waals surface area (Å²) in [5.74, 6) is 2.49. The second-order valence-corrected chi connectivity index (χ2v) is 9.98. The molecule has 8 heteroatoms. The zero-order chi connectivity index (χ0) is 21.0. The van der Waals surface area contributed by atoms with Gasteiger partial charge in [0.2, 0.25) is 5.91 Å². The van der Waals surface area contributed by atoms with Gasteiger partial charge >= 0.3 is 6.09 Å². The number of ether oxygens (including phenoxy) is 1. The predicted molar refractivity (Wildman–Crippen MR) is 111 cm³/mol. The lowest BCUT2D eigenvalue weighted by molar-refractivity contribution is -0.161. The number of aromatic nitrogens is 2. The lowest BCUT2D eigenvalue weighted by Crippen LogP contribution is -2.59. The number of hydrogen-bond donors (Lipinski definition) is 2. The molecule has 1 aliphatic heterocycles. The van der Waals surface area contributed by atoms with Crippen molar-refractivity contribution in [2.45, 2.75) is 64.5 Å². The van der Waals surface area contributed by atoms with Crippen molar-refractivity contribution in [3.63, 3.8) is 0 Å². The standard InChI is InChI=1S/C22H31N5O3/c1-12-5-18(25-13(2)24-12)26-17-3-4-27(11-17)21(29)30-19-15-6-14-7-16(19)10-22(8-14,9-15)20(23)28/h5,14-17,19H,3-4,6-11H2,1-2H3,(H2,23,28)(H,24,25,26)/t14?,15-,16?,17?,19?,22?/m1/s1. The minimum atomic E-state index is -0.351. The van der Waals surface area contributed by atoms with Crippen molar-refractivity contribution in [1.82, 2.24) is 14.9 Å². The molecule has 2 amide bonds. The molecule has 162 valence electrons. The molecule has 6 rings (SSSR count). The Bertz CT molecular complexity index is 838. The second-order valence-electron chi connectivity index (χ2n) is 9.98. The number of nitrogens with two attached hydrogens (primary N) is 1. The molecule has 3 N–H and O–H groups in total. The fraction of sp³-hybridized carbons (Fsp3) is 0.727. The number of primary amides is 1. The molecule has 5 unspecified atom stereocenters. The SMILES string of the molecule is Cc1cc(NC2CCN(C(=O)OC3C4CC5C[C@@H]3CC(C(N)=O)(C5)C4)C2)nc(C)n1. The molecule has 2 heterocycles. The summed E-state index contributed by atoms with van der Waals surface area (Å²) in [7, 11) is 0. The highest BCUT2D eigenvalue weighted by molar-refractivity contribution is 5.81. The van der Waals surface area contributed by atoms with Crippen LogP contribution in [-0.2, 0) is 9.53 Å². The normalized spacial score (nSPS) is 36.7. The molecule has 0 aromatic carbocycles. The summed E-state index contributed by atoms with van der Waals surface area (Å²) in [6.07, 6.45) is 5.17. The van der Waals surface area contributed by atoms with Gasteiger partial charge in [0, 0.05) is 30.9 Å². The third kappa shape index (κ3) is 3.40. The predicted octanol–water partition coefficient (Wildman–Crippen LogP) is 2.40. The third-order valence-corrected chi connectivity index (χ3v) is 7.71. The number of nitrogens with zero attached hydrogens (tertiary/aromatic N) is 3. The first-order valence-electron chi connectivity index (χ1n) is 11.2. The van der Waals surface area contributed by atoms with Crippen LogP contribution in [0.2, 0.25) is 0 Å². The number of hydrogen-bond acceptors (Lipinski definition) is 6. The summed E-state index contributed by atoms with van der Waals surface area (Å²) < 4.78 is 6.05. The minimum Gasteiger partial charge on any atom is -0.446 e. The molecule has 1 aromatic rings. The molecule has 4 saturated carbocycles. The van der Waals surface area contributed by atoms with Crippen molar-refractivity contribution >= 4 is 17.8 Å². The van der Waals surface area contributed by atoms with Crippen LogP contribution in [0.4, 0.5) is 10.6 Å². The van der Waals surface area contributed by atoms with Gasteiger partial charge < -0.3 is 20.7 Å². The summed E-state index contributed by atoms with van der Waals surface area (Å²) in [5.41, 5.74) is 6.34. The molecule has 30 heavy (non-hydrogen) atoms. The fourth-order valence-corrected chi connectivity index (χ4v) is 6.71. The van der Waals surface area contributed by atoms with Gasteiger partial charge in [-0.15, -0.1) is 0 Å². The lowest BCUT2D eigenvalue weighted by atomic mass is 9.48. The van der Waals surface area contributed by atoms with Crippen molar-refractivity contribution in [2.75, 3.05) is 18.4 Å². The summed E-state index contributed by atoms with van der Waals surface area (Å²) in [4.78, 5) is 35.6. The van der Waals surface area contributed by atoms with E-state index < -0.39 is 0 Å². The fourth-order valence-electron chi connectivity index (χ4n) is 6.71. The zero-order valence-corrected chi connectivity index (χ0v) is 17.8. The molecule has 5 aliphatic rings. The maximum Gasteiger partial charge on any atom is 0.410 e. The Balaban J connectivity index is 1.19. The van der Waals surface area contributed by atoms with Crippen LogP contribution in [0.25, 0.3) is 0 Å². The first kappa shape index (κ1) is 19.6. The topological polar surface area (TPSA) is 110 Å². The maximum absolute atomic E-state index is 12.9. The van der Waals surface area contributed by atoms with E-state index in [-0.39, 0.29) is 41.4 Å². The molecular weight excluding hydrogens is 382 g/mol. The Morgan fingerprint density at radius 3 is 2.60 bits per heavy atom. The van der Waals surface area contributed by atoms with E-state index in [1.807, 2.05) is 19.9 Å². The molecule has 4 aliphatic carbocycles. The Morgan fingerprint density at radius 2 is 1.93 bits per heavy atom.